The third-order valence-corrected chi connectivity index (χ3v) is 4.76. The van der Waals surface area contributed by atoms with Crippen molar-refractivity contribution in [3.63, 3.8) is 0 Å². The van der Waals surface area contributed by atoms with E-state index in [1.807, 2.05) is 36.7 Å². The second-order valence-corrected chi connectivity index (χ2v) is 6.50. The van der Waals surface area contributed by atoms with Crippen molar-refractivity contribution in [3.05, 3.63) is 72.2 Å². The van der Waals surface area contributed by atoms with Gasteiger partial charge in [0.25, 0.3) is 0 Å². The number of nitrogens with zero attached hydrogens (tertiary/aromatic N) is 5. The standard InChI is InChI=1S/C21H20FN5O/c1-15-19(7-8-25-21(15)18(22)13-23-2)28-17-5-3-16(4-6-17)27-12-11-26-10-9-24-20(26)14-27/h3-10,13H,2,11-12,14H2,1H3/b18-13+. The van der Waals surface area contributed by atoms with Crippen LogP contribution in [0.4, 0.5) is 10.1 Å². The van der Waals surface area contributed by atoms with Crippen LogP contribution in [-0.2, 0) is 13.1 Å². The lowest BCUT2D eigenvalue weighted by atomic mass is 10.2. The highest BCUT2D eigenvalue weighted by atomic mass is 19.1. The van der Waals surface area contributed by atoms with Crippen molar-refractivity contribution in [2.45, 2.75) is 20.0 Å². The van der Waals surface area contributed by atoms with Crippen LogP contribution in [0.3, 0.4) is 0 Å². The molecule has 0 saturated carbocycles. The number of fused-ring (bicyclic) bond motifs is 1. The Bertz CT molecular complexity index is 1030. The molecule has 28 heavy (non-hydrogen) atoms. The van der Waals surface area contributed by atoms with E-state index in [4.69, 9.17) is 4.74 Å². The molecule has 1 aliphatic heterocycles. The molecule has 7 heteroatoms. The summed E-state index contributed by atoms with van der Waals surface area (Å²) in [6.45, 7) is 7.66. The van der Waals surface area contributed by atoms with Gasteiger partial charge in [-0.05, 0) is 44.0 Å². The predicted octanol–water partition coefficient (Wildman–Crippen LogP) is 4.37. The van der Waals surface area contributed by atoms with Crippen LogP contribution in [0.1, 0.15) is 17.1 Å². The SMILES string of the molecule is C=N/C=C(/F)c1nccc(Oc2ccc(N3CCn4ccnc4C3)cc2)c1C. The van der Waals surface area contributed by atoms with E-state index in [1.165, 1.54) is 6.20 Å². The average Bonchev–Trinajstić information content (AvgIpc) is 3.18. The summed E-state index contributed by atoms with van der Waals surface area (Å²) in [5.74, 6) is 1.74. The van der Waals surface area contributed by atoms with Gasteiger partial charge < -0.3 is 14.2 Å². The van der Waals surface area contributed by atoms with Gasteiger partial charge in [0.2, 0.25) is 0 Å². The van der Waals surface area contributed by atoms with Crippen molar-refractivity contribution in [3.8, 4) is 11.5 Å². The van der Waals surface area contributed by atoms with Crippen molar-refractivity contribution in [2.24, 2.45) is 4.99 Å². The smallest absolute Gasteiger partial charge is 0.167 e. The summed E-state index contributed by atoms with van der Waals surface area (Å²) in [4.78, 5) is 14.2. The zero-order valence-corrected chi connectivity index (χ0v) is 15.5. The molecular weight excluding hydrogens is 357 g/mol. The number of halogens is 1. The second-order valence-electron chi connectivity index (χ2n) is 6.50. The van der Waals surface area contributed by atoms with Gasteiger partial charge in [0.05, 0.1) is 12.7 Å². The Morgan fingerprint density at radius 1 is 1.18 bits per heavy atom. The minimum atomic E-state index is -0.545. The number of anilines is 1. The summed E-state index contributed by atoms with van der Waals surface area (Å²) in [7, 11) is 0. The lowest BCUT2D eigenvalue weighted by Gasteiger charge is -2.29. The highest BCUT2D eigenvalue weighted by molar-refractivity contribution is 5.62. The highest BCUT2D eigenvalue weighted by Crippen LogP contribution is 2.31. The van der Waals surface area contributed by atoms with Gasteiger partial charge in [0, 0.05) is 42.9 Å². The van der Waals surface area contributed by atoms with Crippen LogP contribution in [-0.4, -0.2) is 27.8 Å². The Morgan fingerprint density at radius 2 is 2.00 bits per heavy atom. The normalized spacial score (nSPS) is 13.9. The summed E-state index contributed by atoms with van der Waals surface area (Å²) in [5, 5.41) is 0. The topological polar surface area (TPSA) is 55.5 Å². The van der Waals surface area contributed by atoms with Gasteiger partial charge in [-0.3, -0.25) is 9.98 Å². The Labute approximate surface area is 162 Å². The number of hydrogen-bond acceptors (Lipinski definition) is 5. The molecule has 3 heterocycles. The number of ether oxygens (including phenoxy) is 1. The first kappa shape index (κ1) is 17.9. The van der Waals surface area contributed by atoms with Crippen LogP contribution in [0.15, 0.2) is 60.1 Å². The number of rotatable bonds is 5. The van der Waals surface area contributed by atoms with E-state index in [0.717, 1.165) is 37.3 Å². The van der Waals surface area contributed by atoms with E-state index in [9.17, 15) is 4.39 Å². The van der Waals surface area contributed by atoms with Gasteiger partial charge in [-0.1, -0.05) is 0 Å². The Hall–Kier alpha value is -3.48. The van der Waals surface area contributed by atoms with Gasteiger partial charge in [0.1, 0.15) is 23.0 Å². The van der Waals surface area contributed by atoms with Crippen molar-refractivity contribution in [1.29, 1.82) is 0 Å². The lowest BCUT2D eigenvalue weighted by molar-refractivity contribution is 0.477. The summed E-state index contributed by atoms with van der Waals surface area (Å²) in [6, 6.07) is 9.58. The molecule has 0 atom stereocenters. The molecule has 142 valence electrons. The summed E-state index contributed by atoms with van der Waals surface area (Å²) in [5.41, 5.74) is 1.91. The highest BCUT2D eigenvalue weighted by Gasteiger charge is 2.17. The number of hydrogen-bond donors (Lipinski definition) is 0. The summed E-state index contributed by atoms with van der Waals surface area (Å²) >= 11 is 0. The number of aliphatic imine (C=N–C) groups is 1. The predicted molar refractivity (Wildman–Crippen MR) is 107 cm³/mol. The summed E-state index contributed by atoms with van der Waals surface area (Å²) < 4.78 is 22.2. The molecule has 0 amide bonds. The number of benzene rings is 1. The monoisotopic (exact) mass is 377 g/mol. The zero-order chi connectivity index (χ0) is 19.5. The molecule has 0 N–H and O–H groups in total. The molecule has 0 spiro atoms. The van der Waals surface area contributed by atoms with Crippen LogP contribution in [0, 0.1) is 6.92 Å². The molecule has 0 saturated heterocycles. The van der Waals surface area contributed by atoms with E-state index >= 15 is 0 Å². The summed E-state index contributed by atoms with van der Waals surface area (Å²) in [6.07, 6.45) is 6.40. The molecule has 1 aromatic carbocycles. The van der Waals surface area contributed by atoms with Gasteiger partial charge in [0.15, 0.2) is 5.83 Å². The van der Waals surface area contributed by atoms with Crippen LogP contribution in [0.5, 0.6) is 11.5 Å². The first-order chi connectivity index (χ1) is 13.7. The second kappa shape index (κ2) is 7.64. The average molecular weight is 377 g/mol. The molecule has 0 bridgehead atoms. The Kier molecular flexibility index (Phi) is 4.89. The zero-order valence-electron chi connectivity index (χ0n) is 15.5. The van der Waals surface area contributed by atoms with Crippen molar-refractivity contribution < 1.29 is 9.13 Å². The fourth-order valence-electron chi connectivity index (χ4n) is 3.26. The maximum Gasteiger partial charge on any atom is 0.167 e. The fourth-order valence-corrected chi connectivity index (χ4v) is 3.26. The molecule has 2 aromatic heterocycles. The van der Waals surface area contributed by atoms with Crippen LogP contribution < -0.4 is 9.64 Å². The molecule has 0 unspecified atom stereocenters. The Morgan fingerprint density at radius 3 is 2.79 bits per heavy atom. The lowest BCUT2D eigenvalue weighted by Crippen LogP contribution is -2.33. The van der Waals surface area contributed by atoms with Gasteiger partial charge in [-0.15, -0.1) is 0 Å². The number of pyridine rings is 1. The molecular formula is C21H20FN5O. The van der Waals surface area contributed by atoms with E-state index in [-0.39, 0.29) is 5.69 Å². The first-order valence-electron chi connectivity index (χ1n) is 8.96. The third kappa shape index (κ3) is 3.51. The van der Waals surface area contributed by atoms with E-state index in [1.54, 1.807) is 13.0 Å². The number of aromatic nitrogens is 3. The van der Waals surface area contributed by atoms with Crippen molar-refractivity contribution >= 4 is 18.2 Å². The third-order valence-electron chi connectivity index (χ3n) is 4.76. The van der Waals surface area contributed by atoms with Crippen molar-refractivity contribution in [1.82, 2.24) is 14.5 Å². The molecule has 6 nitrogen and oxygen atoms in total. The van der Waals surface area contributed by atoms with Crippen LogP contribution >= 0.6 is 0 Å². The largest absolute Gasteiger partial charge is 0.457 e. The van der Waals surface area contributed by atoms with Gasteiger partial charge >= 0.3 is 0 Å². The quantitative estimate of drug-likeness (QED) is 0.620. The van der Waals surface area contributed by atoms with Gasteiger partial charge in [-0.25, -0.2) is 9.37 Å². The fraction of sp³-hybridized carbons (Fsp3) is 0.190. The Balaban J connectivity index is 1.51. The van der Waals surface area contributed by atoms with Crippen LogP contribution in [0.2, 0.25) is 0 Å². The van der Waals surface area contributed by atoms with E-state index in [0.29, 0.717) is 17.1 Å². The minimum absolute atomic E-state index is 0.199. The van der Waals surface area contributed by atoms with E-state index < -0.39 is 5.83 Å². The molecule has 4 rings (SSSR count). The van der Waals surface area contributed by atoms with E-state index in [2.05, 4.69) is 31.1 Å². The van der Waals surface area contributed by atoms with Gasteiger partial charge in [-0.2, -0.15) is 0 Å². The van der Waals surface area contributed by atoms with Crippen molar-refractivity contribution in [2.75, 3.05) is 11.4 Å². The molecule has 0 fully saturated rings. The molecule has 1 aliphatic rings. The molecule has 3 aromatic rings. The first-order valence-corrected chi connectivity index (χ1v) is 8.96. The molecule has 0 aliphatic carbocycles. The minimum Gasteiger partial charge on any atom is -0.457 e. The molecule has 0 radical (unpaired) electrons. The maximum atomic E-state index is 14.1. The number of imidazole rings is 1. The maximum absolute atomic E-state index is 14.1. The van der Waals surface area contributed by atoms with Crippen LogP contribution in [0.25, 0.3) is 5.83 Å².